The van der Waals surface area contributed by atoms with Gasteiger partial charge in [-0.25, -0.2) is 0 Å². The van der Waals surface area contributed by atoms with Gasteiger partial charge in [0.25, 0.3) is 0 Å². The average Bonchev–Trinajstić information content (AvgIpc) is 2.59. The summed E-state index contributed by atoms with van der Waals surface area (Å²) in [5.74, 6) is 0. The van der Waals surface area contributed by atoms with Crippen LogP contribution in [-0.2, 0) is 9.47 Å². The SMILES string of the molecule is CCCCCCCCC/C=C/CCO[C@@H]1CO[C@@H](CO)[C@H](O)[C@H]1O. The van der Waals surface area contributed by atoms with Gasteiger partial charge in [0, 0.05) is 0 Å². The molecule has 1 aliphatic heterocycles. The number of allylic oxidation sites excluding steroid dienone is 1. The summed E-state index contributed by atoms with van der Waals surface area (Å²) in [4.78, 5) is 0. The first-order valence-corrected chi connectivity index (χ1v) is 9.55. The van der Waals surface area contributed by atoms with Crippen LogP contribution in [0.3, 0.4) is 0 Å². The van der Waals surface area contributed by atoms with Gasteiger partial charge in [-0.1, -0.05) is 57.6 Å². The smallest absolute Gasteiger partial charge is 0.111 e. The van der Waals surface area contributed by atoms with E-state index in [1.165, 1.54) is 44.9 Å². The fourth-order valence-corrected chi connectivity index (χ4v) is 2.91. The van der Waals surface area contributed by atoms with E-state index in [4.69, 9.17) is 14.6 Å². The third kappa shape index (κ3) is 8.58. The summed E-state index contributed by atoms with van der Waals surface area (Å²) in [7, 11) is 0. The van der Waals surface area contributed by atoms with Gasteiger partial charge in [0.05, 0.1) is 19.8 Å². The normalized spacial score (nSPS) is 27.8. The molecule has 142 valence electrons. The van der Waals surface area contributed by atoms with Crippen LogP contribution in [0.1, 0.15) is 64.7 Å². The molecule has 0 unspecified atom stereocenters. The van der Waals surface area contributed by atoms with Gasteiger partial charge in [-0.05, 0) is 19.3 Å². The van der Waals surface area contributed by atoms with E-state index in [0.717, 1.165) is 12.8 Å². The Kier molecular flexibility index (Phi) is 12.4. The molecule has 0 aromatic heterocycles. The zero-order valence-corrected chi connectivity index (χ0v) is 15.1. The number of aliphatic hydroxyl groups is 3. The van der Waals surface area contributed by atoms with Crippen molar-refractivity contribution in [1.82, 2.24) is 0 Å². The van der Waals surface area contributed by atoms with Crippen LogP contribution in [0.25, 0.3) is 0 Å². The van der Waals surface area contributed by atoms with E-state index in [2.05, 4.69) is 19.1 Å². The average molecular weight is 344 g/mol. The van der Waals surface area contributed by atoms with Crippen molar-refractivity contribution >= 4 is 0 Å². The molecule has 1 saturated heterocycles. The molecule has 0 amide bonds. The van der Waals surface area contributed by atoms with Crippen molar-refractivity contribution in [3.63, 3.8) is 0 Å². The van der Waals surface area contributed by atoms with Gasteiger partial charge in [-0.15, -0.1) is 0 Å². The fourth-order valence-electron chi connectivity index (χ4n) is 2.91. The Labute approximate surface area is 146 Å². The summed E-state index contributed by atoms with van der Waals surface area (Å²) >= 11 is 0. The highest BCUT2D eigenvalue weighted by molar-refractivity contribution is 4.88. The Balaban J connectivity index is 1.98. The van der Waals surface area contributed by atoms with Crippen molar-refractivity contribution in [3.8, 4) is 0 Å². The van der Waals surface area contributed by atoms with Gasteiger partial charge in [-0.3, -0.25) is 0 Å². The number of ether oxygens (including phenoxy) is 2. The molecular weight excluding hydrogens is 308 g/mol. The van der Waals surface area contributed by atoms with Crippen LogP contribution in [-0.4, -0.2) is 59.6 Å². The Morgan fingerprint density at radius 2 is 1.62 bits per heavy atom. The maximum atomic E-state index is 9.93. The van der Waals surface area contributed by atoms with Crippen LogP contribution >= 0.6 is 0 Å². The van der Waals surface area contributed by atoms with Crippen molar-refractivity contribution < 1.29 is 24.8 Å². The van der Waals surface area contributed by atoms with Crippen molar-refractivity contribution in [2.24, 2.45) is 0 Å². The Bertz CT molecular complexity index is 321. The molecule has 0 bridgehead atoms. The first kappa shape index (κ1) is 21.6. The summed E-state index contributed by atoms with van der Waals surface area (Å²) in [6, 6.07) is 0. The second kappa shape index (κ2) is 13.8. The highest BCUT2D eigenvalue weighted by Gasteiger charge is 2.38. The third-order valence-electron chi connectivity index (χ3n) is 4.52. The largest absolute Gasteiger partial charge is 0.394 e. The lowest BCUT2D eigenvalue weighted by molar-refractivity contribution is -0.208. The van der Waals surface area contributed by atoms with Gasteiger partial charge in [0.2, 0.25) is 0 Å². The third-order valence-corrected chi connectivity index (χ3v) is 4.52. The van der Waals surface area contributed by atoms with E-state index in [1.807, 2.05) is 0 Å². The minimum Gasteiger partial charge on any atom is -0.394 e. The molecule has 0 aromatic rings. The van der Waals surface area contributed by atoms with E-state index in [0.29, 0.717) is 6.61 Å². The van der Waals surface area contributed by atoms with Gasteiger partial charge in [0.1, 0.15) is 24.4 Å². The van der Waals surface area contributed by atoms with Crippen molar-refractivity contribution in [2.75, 3.05) is 19.8 Å². The highest BCUT2D eigenvalue weighted by atomic mass is 16.6. The van der Waals surface area contributed by atoms with Crippen LogP contribution in [0.2, 0.25) is 0 Å². The summed E-state index contributed by atoms with van der Waals surface area (Å²) in [6.07, 6.45) is 12.1. The van der Waals surface area contributed by atoms with Gasteiger partial charge < -0.3 is 24.8 Å². The summed E-state index contributed by atoms with van der Waals surface area (Å²) in [6.45, 7) is 2.64. The van der Waals surface area contributed by atoms with E-state index in [-0.39, 0.29) is 13.2 Å². The molecule has 1 fully saturated rings. The number of aliphatic hydroxyl groups excluding tert-OH is 3. The molecule has 1 aliphatic rings. The maximum Gasteiger partial charge on any atom is 0.111 e. The standard InChI is InChI=1S/C19H36O5/c1-2-3-4-5-6-7-8-9-10-11-12-13-23-17-15-24-16(14-20)18(21)19(17)22/h10-11,16-22H,2-9,12-15H2,1H3/b11-10+/t16-,17+,18-,19-/m0/s1. The van der Waals surface area contributed by atoms with Crippen molar-refractivity contribution in [3.05, 3.63) is 12.2 Å². The molecule has 0 aromatic carbocycles. The predicted molar refractivity (Wildman–Crippen MR) is 94.9 cm³/mol. The van der Waals surface area contributed by atoms with Crippen LogP contribution in [0.15, 0.2) is 12.2 Å². The van der Waals surface area contributed by atoms with E-state index < -0.39 is 24.4 Å². The monoisotopic (exact) mass is 344 g/mol. The first-order valence-electron chi connectivity index (χ1n) is 9.55. The van der Waals surface area contributed by atoms with Crippen LogP contribution in [0.5, 0.6) is 0 Å². The molecule has 1 rings (SSSR count). The van der Waals surface area contributed by atoms with E-state index in [1.54, 1.807) is 0 Å². The molecule has 5 nitrogen and oxygen atoms in total. The zero-order chi connectivity index (χ0) is 17.6. The highest BCUT2D eigenvalue weighted by Crippen LogP contribution is 2.18. The molecule has 0 aliphatic carbocycles. The Morgan fingerprint density at radius 1 is 0.958 bits per heavy atom. The quantitative estimate of drug-likeness (QED) is 0.353. The molecule has 0 saturated carbocycles. The van der Waals surface area contributed by atoms with Crippen LogP contribution in [0, 0.1) is 0 Å². The van der Waals surface area contributed by atoms with Gasteiger partial charge >= 0.3 is 0 Å². The second-order valence-corrected chi connectivity index (χ2v) is 6.61. The number of rotatable bonds is 13. The van der Waals surface area contributed by atoms with Crippen LogP contribution in [0.4, 0.5) is 0 Å². The second-order valence-electron chi connectivity index (χ2n) is 6.61. The number of unbranched alkanes of at least 4 members (excludes halogenated alkanes) is 7. The molecule has 3 N–H and O–H groups in total. The van der Waals surface area contributed by atoms with Crippen molar-refractivity contribution in [1.29, 1.82) is 0 Å². The maximum absolute atomic E-state index is 9.93. The van der Waals surface area contributed by atoms with Crippen molar-refractivity contribution in [2.45, 2.75) is 89.1 Å². The molecule has 5 heteroatoms. The lowest BCUT2D eigenvalue weighted by Gasteiger charge is -2.36. The lowest BCUT2D eigenvalue weighted by Crippen LogP contribution is -2.55. The minimum absolute atomic E-state index is 0.200. The topological polar surface area (TPSA) is 79.2 Å². The Hall–Kier alpha value is -0.460. The molecule has 1 heterocycles. The predicted octanol–water partition coefficient (Wildman–Crippen LogP) is 2.57. The number of hydrogen-bond acceptors (Lipinski definition) is 5. The van der Waals surface area contributed by atoms with Gasteiger partial charge in [-0.2, -0.15) is 0 Å². The van der Waals surface area contributed by atoms with E-state index in [9.17, 15) is 10.2 Å². The molecule has 0 spiro atoms. The molecular formula is C19H36O5. The summed E-state index contributed by atoms with van der Waals surface area (Å²) < 4.78 is 10.9. The van der Waals surface area contributed by atoms with E-state index >= 15 is 0 Å². The fraction of sp³-hybridized carbons (Fsp3) is 0.895. The first-order chi connectivity index (χ1) is 11.7. The Morgan fingerprint density at radius 3 is 2.33 bits per heavy atom. The summed E-state index contributed by atoms with van der Waals surface area (Å²) in [5, 5.41) is 28.7. The lowest BCUT2D eigenvalue weighted by atomic mass is 10.0. The number of hydrogen-bond donors (Lipinski definition) is 3. The molecule has 24 heavy (non-hydrogen) atoms. The molecule has 4 atom stereocenters. The van der Waals surface area contributed by atoms with Gasteiger partial charge in [0.15, 0.2) is 0 Å². The zero-order valence-electron chi connectivity index (χ0n) is 15.1. The summed E-state index contributed by atoms with van der Waals surface area (Å²) in [5.41, 5.74) is 0. The molecule has 0 radical (unpaired) electrons. The van der Waals surface area contributed by atoms with Crippen LogP contribution < -0.4 is 0 Å². The minimum atomic E-state index is -1.10.